The third-order valence-electron chi connectivity index (χ3n) is 5.47. The number of aryl methyl sites for hydroxylation is 1. The van der Waals surface area contributed by atoms with Gasteiger partial charge in [0.05, 0.1) is 11.4 Å². The van der Waals surface area contributed by atoms with Crippen molar-refractivity contribution in [1.29, 1.82) is 0 Å². The van der Waals surface area contributed by atoms with E-state index in [0.717, 1.165) is 37.6 Å². The summed E-state index contributed by atoms with van der Waals surface area (Å²) in [6.45, 7) is 6.59. The summed E-state index contributed by atoms with van der Waals surface area (Å²) < 4.78 is 3.52. The summed E-state index contributed by atoms with van der Waals surface area (Å²) in [5.74, 6) is 0. The average Bonchev–Trinajstić information content (AvgIpc) is 2.93. The summed E-state index contributed by atoms with van der Waals surface area (Å²) in [5.41, 5.74) is 4.07. The summed E-state index contributed by atoms with van der Waals surface area (Å²) in [4.78, 5) is 17.5. The number of para-hydroxylation sites is 1. The Morgan fingerprint density at radius 2 is 1.54 bits per heavy atom. The molecule has 0 unspecified atom stereocenters. The monoisotopic (exact) mass is 396 g/mol. The third-order valence-corrected chi connectivity index (χ3v) is 5.85. The number of halogens is 1. The molecule has 0 amide bonds. The van der Waals surface area contributed by atoms with Crippen molar-refractivity contribution in [2.45, 2.75) is 13.5 Å². The van der Waals surface area contributed by atoms with E-state index >= 15 is 0 Å². The molecule has 0 radical (unpaired) electrons. The van der Waals surface area contributed by atoms with Gasteiger partial charge in [-0.15, -0.1) is 0 Å². The van der Waals surface area contributed by atoms with Crippen LogP contribution in [0, 0.1) is 6.92 Å². The van der Waals surface area contributed by atoms with Crippen LogP contribution in [-0.2, 0) is 13.6 Å². The van der Waals surface area contributed by atoms with Crippen molar-refractivity contribution < 1.29 is 0 Å². The largest absolute Gasteiger partial charge is 0.369 e. The van der Waals surface area contributed by atoms with Gasteiger partial charge in [-0.2, -0.15) is 0 Å². The van der Waals surface area contributed by atoms with Gasteiger partial charge >= 0.3 is 0 Å². The molecular formula is C22H25ClN4O. The van der Waals surface area contributed by atoms with Gasteiger partial charge < -0.3 is 4.90 Å². The number of piperazine rings is 1. The van der Waals surface area contributed by atoms with Gasteiger partial charge in [-0.05, 0) is 31.2 Å². The Morgan fingerprint density at radius 1 is 0.893 bits per heavy atom. The van der Waals surface area contributed by atoms with Gasteiger partial charge in [0, 0.05) is 45.5 Å². The third kappa shape index (κ3) is 3.60. The fourth-order valence-electron chi connectivity index (χ4n) is 3.78. The standard InChI is InChI=1S/C22H25ClN4O/c1-17-8-10-18(11-9-17)26-14-12-25(13-15-26)16-20-21(23)22(28)27(24(20)2)19-6-4-3-5-7-19/h3-11H,12-16H2,1-2H3. The van der Waals surface area contributed by atoms with Crippen LogP contribution in [0.15, 0.2) is 59.4 Å². The molecule has 1 saturated heterocycles. The molecule has 1 aliphatic rings. The van der Waals surface area contributed by atoms with Crippen molar-refractivity contribution in [3.63, 3.8) is 0 Å². The maximum atomic E-state index is 12.7. The minimum Gasteiger partial charge on any atom is -0.369 e. The zero-order chi connectivity index (χ0) is 19.7. The Kier molecular flexibility index (Phi) is 5.29. The van der Waals surface area contributed by atoms with E-state index in [9.17, 15) is 4.79 Å². The Bertz CT molecular complexity index is 1000. The molecule has 1 aliphatic heterocycles. The lowest BCUT2D eigenvalue weighted by atomic mass is 10.2. The van der Waals surface area contributed by atoms with Crippen LogP contribution in [0.2, 0.25) is 5.02 Å². The second-order valence-corrected chi connectivity index (χ2v) is 7.71. The van der Waals surface area contributed by atoms with Gasteiger partial charge in [-0.3, -0.25) is 14.4 Å². The van der Waals surface area contributed by atoms with E-state index in [1.807, 2.05) is 42.1 Å². The molecule has 0 atom stereocenters. The highest BCUT2D eigenvalue weighted by molar-refractivity contribution is 6.31. The molecule has 146 valence electrons. The molecule has 28 heavy (non-hydrogen) atoms. The number of hydrogen-bond acceptors (Lipinski definition) is 3. The summed E-state index contributed by atoms with van der Waals surface area (Å²) in [6, 6.07) is 18.3. The van der Waals surface area contributed by atoms with Crippen molar-refractivity contribution >= 4 is 17.3 Å². The molecule has 2 heterocycles. The van der Waals surface area contributed by atoms with E-state index in [1.54, 1.807) is 4.68 Å². The lowest BCUT2D eigenvalue weighted by Gasteiger charge is -2.36. The van der Waals surface area contributed by atoms with Gasteiger partial charge in [0.1, 0.15) is 5.02 Å². The first-order valence-electron chi connectivity index (χ1n) is 9.60. The summed E-state index contributed by atoms with van der Waals surface area (Å²) in [7, 11) is 1.90. The van der Waals surface area contributed by atoms with Crippen LogP contribution < -0.4 is 10.5 Å². The number of nitrogens with zero attached hydrogens (tertiary/aromatic N) is 4. The van der Waals surface area contributed by atoms with Gasteiger partial charge in [0.25, 0.3) is 5.56 Å². The zero-order valence-corrected chi connectivity index (χ0v) is 17.1. The highest BCUT2D eigenvalue weighted by atomic mass is 35.5. The number of rotatable bonds is 4. The van der Waals surface area contributed by atoms with E-state index in [0.29, 0.717) is 11.6 Å². The highest BCUT2D eigenvalue weighted by Crippen LogP contribution is 2.20. The molecule has 1 aromatic heterocycles. The van der Waals surface area contributed by atoms with Crippen molar-refractivity contribution in [3.05, 3.63) is 81.2 Å². The predicted molar refractivity (Wildman–Crippen MR) is 115 cm³/mol. The summed E-state index contributed by atoms with van der Waals surface area (Å²) in [5, 5.41) is 0.312. The lowest BCUT2D eigenvalue weighted by Crippen LogP contribution is -2.46. The fourth-order valence-corrected chi connectivity index (χ4v) is 4.04. The first-order valence-corrected chi connectivity index (χ1v) is 9.98. The second kappa shape index (κ2) is 7.86. The van der Waals surface area contributed by atoms with Crippen LogP contribution in [0.25, 0.3) is 5.69 Å². The molecule has 4 rings (SSSR count). The molecule has 1 fully saturated rings. The van der Waals surface area contributed by atoms with Gasteiger partial charge in [0.15, 0.2) is 0 Å². The quantitative estimate of drug-likeness (QED) is 0.677. The molecule has 2 aromatic carbocycles. The van der Waals surface area contributed by atoms with E-state index < -0.39 is 0 Å². The molecule has 0 N–H and O–H groups in total. The number of benzene rings is 2. The van der Waals surface area contributed by atoms with Crippen molar-refractivity contribution in [2.24, 2.45) is 7.05 Å². The SMILES string of the molecule is Cc1ccc(N2CCN(Cc3c(Cl)c(=O)n(-c4ccccc4)n3C)CC2)cc1. The van der Waals surface area contributed by atoms with Crippen LogP contribution in [0.3, 0.4) is 0 Å². The highest BCUT2D eigenvalue weighted by Gasteiger charge is 2.22. The number of aromatic nitrogens is 2. The maximum Gasteiger partial charge on any atom is 0.290 e. The van der Waals surface area contributed by atoms with E-state index in [2.05, 4.69) is 41.0 Å². The molecule has 5 nitrogen and oxygen atoms in total. The molecule has 3 aromatic rings. The van der Waals surface area contributed by atoms with E-state index in [1.165, 1.54) is 11.3 Å². The Hall–Kier alpha value is -2.50. The Labute approximate surface area is 170 Å². The van der Waals surface area contributed by atoms with Crippen LogP contribution >= 0.6 is 11.6 Å². The predicted octanol–water partition coefficient (Wildman–Crippen LogP) is 3.46. The van der Waals surface area contributed by atoms with Gasteiger partial charge in [0.2, 0.25) is 0 Å². The molecular weight excluding hydrogens is 372 g/mol. The van der Waals surface area contributed by atoms with Crippen molar-refractivity contribution in [3.8, 4) is 5.69 Å². The molecule has 0 bridgehead atoms. The van der Waals surface area contributed by atoms with Gasteiger partial charge in [-0.1, -0.05) is 47.5 Å². The summed E-state index contributed by atoms with van der Waals surface area (Å²) >= 11 is 6.44. The van der Waals surface area contributed by atoms with Crippen molar-refractivity contribution in [2.75, 3.05) is 31.1 Å². The Balaban J connectivity index is 1.49. The fraction of sp³-hybridized carbons (Fsp3) is 0.318. The normalized spacial score (nSPS) is 15.2. The topological polar surface area (TPSA) is 33.4 Å². The maximum absolute atomic E-state index is 12.7. The van der Waals surface area contributed by atoms with Crippen LogP contribution in [-0.4, -0.2) is 40.4 Å². The molecule has 6 heteroatoms. The van der Waals surface area contributed by atoms with Crippen molar-refractivity contribution in [1.82, 2.24) is 14.3 Å². The number of anilines is 1. The Morgan fingerprint density at radius 3 is 2.18 bits per heavy atom. The average molecular weight is 397 g/mol. The first kappa shape index (κ1) is 18.8. The first-order chi connectivity index (χ1) is 13.5. The van der Waals surface area contributed by atoms with Crippen LogP contribution in [0.1, 0.15) is 11.3 Å². The van der Waals surface area contributed by atoms with Crippen LogP contribution in [0.5, 0.6) is 0 Å². The van der Waals surface area contributed by atoms with Crippen LogP contribution in [0.4, 0.5) is 5.69 Å². The molecule has 0 aliphatic carbocycles. The molecule has 0 spiro atoms. The minimum atomic E-state index is -0.163. The zero-order valence-electron chi connectivity index (χ0n) is 16.3. The number of hydrogen-bond donors (Lipinski definition) is 0. The second-order valence-electron chi connectivity index (χ2n) is 7.34. The molecule has 0 saturated carbocycles. The van der Waals surface area contributed by atoms with E-state index in [4.69, 9.17) is 11.6 Å². The summed E-state index contributed by atoms with van der Waals surface area (Å²) in [6.07, 6.45) is 0. The van der Waals surface area contributed by atoms with E-state index in [-0.39, 0.29) is 5.56 Å². The lowest BCUT2D eigenvalue weighted by molar-refractivity contribution is 0.243. The minimum absolute atomic E-state index is 0.163. The smallest absolute Gasteiger partial charge is 0.290 e. The van der Waals surface area contributed by atoms with Gasteiger partial charge in [-0.25, -0.2) is 4.68 Å².